The van der Waals surface area contributed by atoms with Crippen LogP contribution in [0.1, 0.15) is 51.9 Å². The van der Waals surface area contributed by atoms with Gasteiger partial charge in [-0.25, -0.2) is 0 Å². The SMILES string of the molecule is C[C@@H]1CCCC[C@H]1[NH+]1CC[NH+](C[C@H]2CC=CCC2)CC1. The largest absolute Gasteiger partial charge is 0.325 e. The minimum absolute atomic E-state index is 0.976. The molecule has 0 radical (unpaired) electrons. The van der Waals surface area contributed by atoms with E-state index in [2.05, 4.69) is 19.1 Å². The first-order valence-electron chi connectivity index (χ1n) is 9.16. The first-order valence-corrected chi connectivity index (χ1v) is 9.16. The Labute approximate surface area is 125 Å². The number of allylic oxidation sites excluding steroid dienone is 2. The van der Waals surface area contributed by atoms with Gasteiger partial charge in [-0.1, -0.05) is 25.5 Å². The van der Waals surface area contributed by atoms with E-state index in [0.717, 1.165) is 17.9 Å². The van der Waals surface area contributed by atoms with E-state index in [-0.39, 0.29) is 0 Å². The number of hydrogen-bond donors (Lipinski definition) is 2. The molecular weight excluding hydrogens is 244 g/mol. The monoisotopic (exact) mass is 278 g/mol. The summed E-state index contributed by atoms with van der Waals surface area (Å²) in [4.78, 5) is 3.85. The Morgan fingerprint density at radius 1 is 0.950 bits per heavy atom. The molecule has 1 aliphatic heterocycles. The van der Waals surface area contributed by atoms with Crippen molar-refractivity contribution >= 4 is 0 Å². The predicted molar refractivity (Wildman–Crippen MR) is 84.2 cm³/mol. The van der Waals surface area contributed by atoms with E-state index in [4.69, 9.17) is 0 Å². The Morgan fingerprint density at radius 3 is 2.45 bits per heavy atom. The van der Waals surface area contributed by atoms with Gasteiger partial charge in [-0.15, -0.1) is 0 Å². The van der Waals surface area contributed by atoms with Crippen LogP contribution >= 0.6 is 0 Å². The molecule has 2 heteroatoms. The van der Waals surface area contributed by atoms with Crippen LogP contribution in [-0.4, -0.2) is 38.8 Å². The van der Waals surface area contributed by atoms with Crippen molar-refractivity contribution in [2.24, 2.45) is 11.8 Å². The summed E-state index contributed by atoms with van der Waals surface area (Å²) in [6.07, 6.45) is 14.9. The quantitative estimate of drug-likeness (QED) is 0.704. The lowest BCUT2D eigenvalue weighted by molar-refractivity contribution is -1.03. The van der Waals surface area contributed by atoms with Crippen molar-refractivity contribution in [3.05, 3.63) is 12.2 Å². The lowest BCUT2D eigenvalue weighted by atomic mass is 9.84. The zero-order valence-corrected chi connectivity index (χ0v) is 13.4. The molecule has 2 nitrogen and oxygen atoms in total. The van der Waals surface area contributed by atoms with Gasteiger partial charge in [0.1, 0.15) is 26.2 Å². The molecule has 2 fully saturated rings. The van der Waals surface area contributed by atoms with Gasteiger partial charge in [0.05, 0.1) is 12.6 Å². The first kappa shape index (κ1) is 14.6. The van der Waals surface area contributed by atoms with E-state index in [1.807, 2.05) is 9.80 Å². The topological polar surface area (TPSA) is 8.88 Å². The number of nitrogens with one attached hydrogen (secondary N) is 2. The fraction of sp³-hybridized carbons (Fsp3) is 0.889. The Balaban J connectivity index is 1.43. The zero-order chi connectivity index (χ0) is 13.8. The van der Waals surface area contributed by atoms with Crippen molar-refractivity contribution in [1.82, 2.24) is 0 Å². The predicted octanol–water partition coefficient (Wildman–Crippen LogP) is 0.705. The second-order valence-electron chi connectivity index (χ2n) is 7.63. The molecule has 1 saturated heterocycles. The summed E-state index contributed by atoms with van der Waals surface area (Å²) in [5.74, 6) is 1.95. The summed E-state index contributed by atoms with van der Waals surface area (Å²) in [6, 6.07) is 0.989. The van der Waals surface area contributed by atoms with Crippen molar-refractivity contribution < 1.29 is 9.80 Å². The molecule has 1 saturated carbocycles. The number of quaternary nitrogens is 2. The molecule has 2 N–H and O–H groups in total. The van der Waals surface area contributed by atoms with Crippen molar-refractivity contribution in [3.8, 4) is 0 Å². The summed E-state index contributed by atoms with van der Waals surface area (Å²) in [5.41, 5.74) is 0. The highest BCUT2D eigenvalue weighted by Crippen LogP contribution is 2.21. The smallest absolute Gasteiger partial charge is 0.127 e. The van der Waals surface area contributed by atoms with E-state index in [1.54, 1.807) is 0 Å². The molecule has 0 amide bonds. The van der Waals surface area contributed by atoms with Crippen molar-refractivity contribution in [1.29, 1.82) is 0 Å². The highest BCUT2D eigenvalue weighted by molar-refractivity contribution is 4.89. The summed E-state index contributed by atoms with van der Waals surface area (Å²) in [7, 11) is 0. The standard InChI is InChI=1S/C18H32N2/c1-16-7-5-6-10-18(16)20-13-11-19(12-14-20)15-17-8-3-2-4-9-17/h2-3,16-18H,4-15H2,1H3/p+2/t16-,17+,18-/m1/s1. The molecular formula is C18H34N2+2. The van der Waals surface area contributed by atoms with Crippen LogP contribution in [0.15, 0.2) is 12.2 Å². The average Bonchev–Trinajstić information content (AvgIpc) is 2.50. The fourth-order valence-corrected chi connectivity index (χ4v) is 4.87. The maximum Gasteiger partial charge on any atom is 0.127 e. The van der Waals surface area contributed by atoms with Crippen LogP contribution in [0.2, 0.25) is 0 Å². The van der Waals surface area contributed by atoms with E-state index < -0.39 is 0 Å². The fourth-order valence-electron chi connectivity index (χ4n) is 4.87. The van der Waals surface area contributed by atoms with E-state index in [0.29, 0.717) is 0 Å². The minimum Gasteiger partial charge on any atom is -0.325 e. The molecule has 0 aromatic carbocycles. The molecule has 0 bridgehead atoms. The van der Waals surface area contributed by atoms with Gasteiger partial charge in [0.15, 0.2) is 0 Å². The van der Waals surface area contributed by atoms with E-state index in [9.17, 15) is 0 Å². The van der Waals surface area contributed by atoms with Gasteiger partial charge in [-0.05, 0) is 38.5 Å². The number of piperazine rings is 1. The normalized spacial score (nSPS) is 42.5. The van der Waals surface area contributed by atoms with Crippen LogP contribution in [0.3, 0.4) is 0 Å². The average molecular weight is 278 g/mol. The van der Waals surface area contributed by atoms with Gasteiger partial charge in [0, 0.05) is 11.8 Å². The Bertz CT molecular complexity index is 317. The molecule has 1 heterocycles. The third-order valence-corrected chi connectivity index (χ3v) is 6.19. The van der Waals surface area contributed by atoms with E-state index in [1.165, 1.54) is 77.7 Å². The highest BCUT2D eigenvalue weighted by Gasteiger charge is 2.34. The minimum atomic E-state index is 0.976. The van der Waals surface area contributed by atoms with Crippen LogP contribution < -0.4 is 9.80 Å². The second kappa shape index (κ2) is 7.09. The molecule has 2 aliphatic carbocycles. The Kier molecular flexibility index (Phi) is 5.17. The summed E-state index contributed by atoms with van der Waals surface area (Å²) < 4.78 is 0. The van der Waals surface area contributed by atoms with Crippen LogP contribution in [0.4, 0.5) is 0 Å². The molecule has 0 spiro atoms. The van der Waals surface area contributed by atoms with Crippen molar-refractivity contribution in [2.45, 2.75) is 57.9 Å². The molecule has 0 aromatic rings. The summed E-state index contributed by atoms with van der Waals surface area (Å²) >= 11 is 0. The number of rotatable bonds is 3. The Hall–Kier alpha value is -0.340. The molecule has 3 atom stereocenters. The van der Waals surface area contributed by atoms with Crippen LogP contribution in [0, 0.1) is 11.8 Å². The summed E-state index contributed by atoms with van der Waals surface area (Å²) in [5, 5.41) is 0. The van der Waals surface area contributed by atoms with Crippen LogP contribution in [-0.2, 0) is 0 Å². The third kappa shape index (κ3) is 3.65. The lowest BCUT2D eigenvalue weighted by Crippen LogP contribution is -3.30. The second-order valence-corrected chi connectivity index (χ2v) is 7.63. The van der Waals surface area contributed by atoms with Crippen LogP contribution in [0.25, 0.3) is 0 Å². The highest BCUT2D eigenvalue weighted by atomic mass is 15.3. The number of hydrogen-bond acceptors (Lipinski definition) is 0. The van der Waals surface area contributed by atoms with Crippen molar-refractivity contribution in [3.63, 3.8) is 0 Å². The Morgan fingerprint density at radius 2 is 1.75 bits per heavy atom. The molecule has 20 heavy (non-hydrogen) atoms. The van der Waals surface area contributed by atoms with E-state index >= 15 is 0 Å². The lowest BCUT2D eigenvalue weighted by Gasteiger charge is -2.39. The zero-order valence-electron chi connectivity index (χ0n) is 13.4. The van der Waals surface area contributed by atoms with Gasteiger partial charge < -0.3 is 9.80 Å². The van der Waals surface area contributed by atoms with Crippen molar-refractivity contribution in [2.75, 3.05) is 32.7 Å². The van der Waals surface area contributed by atoms with Gasteiger partial charge in [-0.3, -0.25) is 0 Å². The molecule has 0 unspecified atom stereocenters. The van der Waals surface area contributed by atoms with Gasteiger partial charge in [-0.2, -0.15) is 0 Å². The van der Waals surface area contributed by atoms with Crippen LogP contribution in [0.5, 0.6) is 0 Å². The van der Waals surface area contributed by atoms with Gasteiger partial charge in [0.2, 0.25) is 0 Å². The molecule has 114 valence electrons. The molecule has 0 aromatic heterocycles. The summed E-state index contributed by atoms with van der Waals surface area (Å²) in [6.45, 7) is 9.68. The molecule has 3 aliphatic rings. The molecule has 3 rings (SSSR count). The van der Waals surface area contributed by atoms with Gasteiger partial charge >= 0.3 is 0 Å². The first-order chi connectivity index (χ1) is 9.83. The maximum atomic E-state index is 2.50. The maximum absolute atomic E-state index is 2.50. The third-order valence-electron chi connectivity index (χ3n) is 6.19. The van der Waals surface area contributed by atoms with Gasteiger partial charge in [0.25, 0.3) is 0 Å².